The van der Waals surface area contributed by atoms with Crippen LogP contribution in [-0.2, 0) is 0 Å². The fourth-order valence-corrected chi connectivity index (χ4v) is 2.43. The van der Waals surface area contributed by atoms with Crippen molar-refractivity contribution in [2.75, 3.05) is 19.0 Å². The summed E-state index contributed by atoms with van der Waals surface area (Å²) in [6, 6.07) is 1.76. The highest BCUT2D eigenvalue weighted by Gasteiger charge is 2.33. The molecule has 0 amide bonds. The molecule has 5 heteroatoms. The Hall–Kier alpha value is -1.36. The smallest absolute Gasteiger partial charge is 0.218 e. The second-order valence-electron chi connectivity index (χ2n) is 5.19. The lowest BCUT2D eigenvalue weighted by molar-refractivity contribution is 0.155. The third-order valence-corrected chi connectivity index (χ3v) is 3.78. The molecule has 0 aromatic carbocycles. The molecule has 1 saturated carbocycles. The summed E-state index contributed by atoms with van der Waals surface area (Å²) < 4.78 is 5.07. The first-order valence-electron chi connectivity index (χ1n) is 6.42. The summed E-state index contributed by atoms with van der Waals surface area (Å²) in [5.41, 5.74) is -0.244. The number of nitrogens with one attached hydrogen (secondary N) is 1. The quantitative estimate of drug-likeness (QED) is 0.854. The summed E-state index contributed by atoms with van der Waals surface area (Å²) in [5.74, 6) is 1.99. The fraction of sp³-hybridized carbons (Fsp3) is 0.692. The first-order chi connectivity index (χ1) is 8.67. The number of nitrogens with zero attached hydrogens (tertiary/aromatic N) is 2. The van der Waals surface area contributed by atoms with E-state index < -0.39 is 0 Å². The zero-order valence-corrected chi connectivity index (χ0v) is 11.0. The second-order valence-corrected chi connectivity index (χ2v) is 5.19. The Morgan fingerprint density at radius 3 is 2.78 bits per heavy atom. The van der Waals surface area contributed by atoms with Crippen molar-refractivity contribution in [3.05, 3.63) is 12.4 Å². The van der Waals surface area contributed by atoms with Gasteiger partial charge in [-0.3, -0.25) is 0 Å². The number of hydrogen-bond acceptors (Lipinski definition) is 5. The van der Waals surface area contributed by atoms with Gasteiger partial charge in [-0.05, 0) is 31.6 Å². The van der Waals surface area contributed by atoms with Gasteiger partial charge in [0.2, 0.25) is 5.88 Å². The van der Waals surface area contributed by atoms with Crippen molar-refractivity contribution in [2.45, 2.75) is 38.1 Å². The van der Waals surface area contributed by atoms with Crippen molar-refractivity contribution in [3.63, 3.8) is 0 Å². The highest BCUT2D eigenvalue weighted by atomic mass is 16.5. The average Bonchev–Trinajstić information content (AvgIpc) is 2.42. The summed E-state index contributed by atoms with van der Waals surface area (Å²) in [6.45, 7) is 2.39. The molecule has 0 radical (unpaired) electrons. The third kappa shape index (κ3) is 2.90. The van der Waals surface area contributed by atoms with E-state index in [-0.39, 0.29) is 12.1 Å². The minimum atomic E-state index is -0.244. The zero-order chi connectivity index (χ0) is 13.0. The topological polar surface area (TPSA) is 67.3 Å². The maximum Gasteiger partial charge on any atom is 0.218 e. The zero-order valence-electron chi connectivity index (χ0n) is 11.0. The van der Waals surface area contributed by atoms with Crippen molar-refractivity contribution in [3.8, 4) is 5.88 Å². The summed E-state index contributed by atoms with van der Waals surface area (Å²) in [6.07, 6.45) is 5.68. The lowest BCUT2D eigenvalue weighted by Crippen LogP contribution is -2.45. The van der Waals surface area contributed by atoms with Gasteiger partial charge in [0.15, 0.2) is 0 Å². The first kappa shape index (κ1) is 13.1. The van der Waals surface area contributed by atoms with E-state index in [1.54, 1.807) is 13.2 Å². The van der Waals surface area contributed by atoms with Crippen molar-refractivity contribution in [1.29, 1.82) is 0 Å². The van der Waals surface area contributed by atoms with Crippen LogP contribution in [0.3, 0.4) is 0 Å². The minimum Gasteiger partial charge on any atom is -0.481 e. The van der Waals surface area contributed by atoms with Gasteiger partial charge in [0.25, 0.3) is 0 Å². The lowest BCUT2D eigenvalue weighted by Gasteiger charge is -2.39. The molecule has 0 saturated heterocycles. The number of rotatable bonds is 4. The van der Waals surface area contributed by atoms with Gasteiger partial charge in [-0.1, -0.05) is 6.92 Å². The highest BCUT2D eigenvalue weighted by Crippen LogP contribution is 2.34. The normalized spacial score (nSPS) is 27.8. The molecule has 5 nitrogen and oxygen atoms in total. The third-order valence-electron chi connectivity index (χ3n) is 3.78. The molecule has 1 aromatic heterocycles. The van der Waals surface area contributed by atoms with Crippen LogP contribution in [0, 0.1) is 5.92 Å². The van der Waals surface area contributed by atoms with E-state index in [1.165, 1.54) is 6.33 Å². The molecule has 0 aliphatic heterocycles. The summed E-state index contributed by atoms with van der Waals surface area (Å²) in [7, 11) is 1.58. The molecule has 2 N–H and O–H groups in total. The van der Waals surface area contributed by atoms with Crippen molar-refractivity contribution in [1.82, 2.24) is 9.97 Å². The molecule has 1 aromatic rings. The number of aromatic nitrogens is 2. The van der Waals surface area contributed by atoms with Crippen molar-refractivity contribution < 1.29 is 9.84 Å². The van der Waals surface area contributed by atoms with Crippen molar-refractivity contribution in [2.24, 2.45) is 5.92 Å². The molecule has 2 rings (SSSR count). The first-order valence-corrected chi connectivity index (χ1v) is 6.42. The van der Waals surface area contributed by atoms with E-state index in [2.05, 4.69) is 22.2 Å². The van der Waals surface area contributed by atoms with E-state index >= 15 is 0 Å². The van der Waals surface area contributed by atoms with Crippen molar-refractivity contribution >= 4 is 5.82 Å². The Morgan fingerprint density at radius 1 is 1.44 bits per heavy atom. The predicted octanol–water partition coefficient (Wildman–Crippen LogP) is 1.84. The fourth-order valence-electron chi connectivity index (χ4n) is 2.43. The molecule has 0 spiro atoms. The van der Waals surface area contributed by atoms with E-state index in [9.17, 15) is 5.11 Å². The van der Waals surface area contributed by atoms with Gasteiger partial charge in [0.05, 0.1) is 19.3 Å². The molecule has 18 heavy (non-hydrogen) atoms. The SMILES string of the molecule is COc1cc(NC2(CO)CCC(C)CC2)ncn1. The number of ether oxygens (including phenoxy) is 1. The van der Waals surface area contributed by atoms with Gasteiger partial charge < -0.3 is 15.2 Å². The number of aliphatic hydroxyl groups is 1. The van der Waals surface area contributed by atoms with Gasteiger partial charge in [-0.15, -0.1) is 0 Å². The molecular weight excluding hydrogens is 230 g/mol. The van der Waals surface area contributed by atoms with Crippen LogP contribution in [0.5, 0.6) is 5.88 Å². The minimum absolute atomic E-state index is 0.131. The Bertz CT molecular complexity index is 390. The predicted molar refractivity (Wildman–Crippen MR) is 69.7 cm³/mol. The summed E-state index contributed by atoms with van der Waals surface area (Å²) in [4.78, 5) is 8.16. The molecule has 100 valence electrons. The van der Waals surface area contributed by atoms with Crippen LogP contribution in [0.1, 0.15) is 32.6 Å². The largest absolute Gasteiger partial charge is 0.481 e. The second kappa shape index (κ2) is 5.52. The van der Waals surface area contributed by atoms with Crippen LogP contribution >= 0.6 is 0 Å². The summed E-state index contributed by atoms with van der Waals surface area (Å²) in [5, 5.41) is 13.0. The highest BCUT2D eigenvalue weighted by molar-refractivity contribution is 5.40. The van der Waals surface area contributed by atoms with Gasteiger partial charge in [0.1, 0.15) is 12.1 Å². The number of hydrogen-bond donors (Lipinski definition) is 2. The monoisotopic (exact) mass is 251 g/mol. The lowest BCUT2D eigenvalue weighted by atomic mass is 9.77. The Balaban J connectivity index is 2.09. The molecule has 1 fully saturated rings. The van der Waals surface area contributed by atoms with Crippen LogP contribution in [0.15, 0.2) is 12.4 Å². The Morgan fingerprint density at radius 2 is 2.17 bits per heavy atom. The van der Waals surface area contributed by atoms with Gasteiger partial charge in [-0.25, -0.2) is 9.97 Å². The van der Waals surface area contributed by atoms with Crippen LogP contribution < -0.4 is 10.1 Å². The molecule has 1 heterocycles. The van der Waals surface area contributed by atoms with Crippen LogP contribution in [-0.4, -0.2) is 34.3 Å². The van der Waals surface area contributed by atoms with Gasteiger partial charge in [0, 0.05) is 6.07 Å². The average molecular weight is 251 g/mol. The Kier molecular flexibility index (Phi) is 4.01. The molecule has 0 atom stereocenters. The molecule has 0 unspecified atom stereocenters. The maximum atomic E-state index is 9.68. The standard InChI is InChI=1S/C13H21N3O2/c1-10-3-5-13(8-17,6-4-10)16-11-7-12(18-2)15-9-14-11/h7,9-10,17H,3-6,8H2,1-2H3,(H,14,15,16). The molecule has 0 bridgehead atoms. The van der Waals surface area contributed by atoms with Gasteiger partial charge >= 0.3 is 0 Å². The summed E-state index contributed by atoms with van der Waals surface area (Å²) >= 11 is 0. The number of methoxy groups -OCH3 is 1. The van der Waals surface area contributed by atoms with E-state index in [1.807, 2.05) is 0 Å². The molecule has 1 aliphatic rings. The Labute approximate surface area is 108 Å². The van der Waals surface area contributed by atoms with Crippen LogP contribution in [0.4, 0.5) is 5.82 Å². The van der Waals surface area contributed by atoms with E-state index in [0.717, 1.165) is 31.6 Å². The molecular formula is C13H21N3O2. The number of anilines is 1. The van der Waals surface area contributed by atoms with Crippen LogP contribution in [0.2, 0.25) is 0 Å². The van der Waals surface area contributed by atoms with Gasteiger partial charge in [-0.2, -0.15) is 0 Å². The van der Waals surface area contributed by atoms with Crippen LogP contribution in [0.25, 0.3) is 0 Å². The maximum absolute atomic E-state index is 9.68. The van der Waals surface area contributed by atoms with E-state index in [0.29, 0.717) is 11.7 Å². The van der Waals surface area contributed by atoms with E-state index in [4.69, 9.17) is 4.74 Å². The number of aliphatic hydroxyl groups excluding tert-OH is 1. The molecule has 1 aliphatic carbocycles.